The number of halogens is 2. The van der Waals surface area contributed by atoms with Crippen LogP contribution in [0, 0.1) is 5.82 Å². The van der Waals surface area contributed by atoms with Crippen LogP contribution in [0.4, 0.5) is 15.8 Å². The average molecular weight is 428 g/mol. The third kappa shape index (κ3) is 5.36. The van der Waals surface area contributed by atoms with Gasteiger partial charge in [-0.15, -0.1) is 11.3 Å². The monoisotopic (exact) mass is 427 g/mol. The molecule has 3 N–H and O–H groups in total. The Kier molecular flexibility index (Phi) is 6.27. The van der Waals surface area contributed by atoms with E-state index in [4.69, 9.17) is 0 Å². The van der Waals surface area contributed by atoms with Gasteiger partial charge in [0.25, 0.3) is 5.91 Å². The fourth-order valence-electron chi connectivity index (χ4n) is 1.91. The number of hydrogen-bond acceptors (Lipinski definition) is 4. The molecule has 0 bridgehead atoms. The molecule has 1 aromatic heterocycles. The number of thiophene rings is 1. The van der Waals surface area contributed by atoms with Crippen LogP contribution >= 0.6 is 27.3 Å². The normalized spacial score (nSPS) is 11.5. The molecule has 0 radical (unpaired) electrons. The Bertz CT molecular complexity index is 825. The number of benzene rings is 1. The van der Waals surface area contributed by atoms with Crippen molar-refractivity contribution in [3.05, 3.63) is 44.8 Å². The van der Waals surface area contributed by atoms with E-state index < -0.39 is 23.7 Å². The molecule has 0 fully saturated rings. The summed E-state index contributed by atoms with van der Waals surface area (Å²) in [4.78, 5) is 35.7. The first-order chi connectivity index (χ1) is 11.8. The lowest BCUT2D eigenvalue weighted by atomic mass is 10.2. The summed E-state index contributed by atoms with van der Waals surface area (Å²) in [6, 6.07) is 6.30. The summed E-state index contributed by atoms with van der Waals surface area (Å²) in [6.45, 7) is 2.81. The van der Waals surface area contributed by atoms with Gasteiger partial charge < -0.3 is 16.0 Å². The number of hydrogen-bond donors (Lipinski definition) is 3. The van der Waals surface area contributed by atoms with Crippen LogP contribution in [0.3, 0.4) is 0 Å². The summed E-state index contributed by atoms with van der Waals surface area (Å²) >= 11 is 4.50. The van der Waals surface area contributed by atoms with Gasteiger partial charge in [-0.25, -0.2) is 4.39 Å². The highest BCUT2D eigenvalue weighted by atomic mass is 79.9. The van der Waals surface area contributed by atoms with E-state index in [1.807, 2.05) is 0 Å². The number of nitrogens with one attached hydrogen (secondary N) is 3. The molecule has 0 spiro atoms. The van der Waals surface area contributed by atoms with E-state index in [1.165, 1.54) is 37.3 Å². The van der Waals surface area contributed by atoms with Gasteiger partial charge in [0.15, 0.2) is 0 Å². The zero-order valence-corrected chi connectivity index (χ0v) is 15.8. The molecule has 1 aromatic carbocycles. The molecule has 3 amide bonds. The lowest BCUT2D eigenvalue weighted by Crippen LogP contribution is -2.41. The maximum Gasteiger partial charge on any atom is 0.262 e. The van der Waals surface area contributed by atoms with Gasteiger partial charge in [-0.3, -0.25) is 14.4 Å². The van der Waals surface area contributed by atoms with Crippen LogP contribution in [-0.2, 0) is 9.59 Å². The highest BCUT2D eigenvalue weighted by molar-refractivity contribution is 9.11. The summed E-state index contributed by atoms with van der Waals surface area (Å²) in [5.74, 6) is -1.94. The van der Waals surface area contributed by atoms with Gasteiger partial charge in [0, 0.05) is 12.6 Å². The van der Waals surface area contributed by atoms with E-state index >= 15 is 0 Å². The standard InChI is InChI=1S/C16H15BrFN3O3S/c1-8(19-16(24)13-5-6-14(17)25-13)15(23)21-12-7-10(20-9(2)22)3-4-11(12)18/h3-8H,1-2H3,(H,19,24)(H,20,22)(H,21,23). The quantitative estimate of drug-likeness (QED) is 0.683. The molecule has 6 nitrogen and oxygen atoms in total. The molecule has 0 aliphatic carbocycles. The Hall–Kier alpha value is -2.26. The van der Waals surface area contributed by atoms with Crippen molar-refractivity contribution in [3.8, 4) is 0 Å². The van der Waals surface area contributed by atoms with Crippen molar-refractivity contribution in [1.29, 1.82) is 0 Å². The number of amides is 3. The van der Waals surface area contributed by atoms with Gasteiger partial charge in [0.1, 0.15) is 11.9 Å². The van der Waals surface area contributed by atoms with E-state index in [0.29, 0.717) is 10.6 Å². The Morgan fingerprint density at radius 1 is 1.16 bits per heavy atom. The van der Waals surface area contributed by atoms with E-state index in [2.05, 4.69) is 31.9 Å². The second-order valence-corrected chi connectivity index (χ2v) is 7.63. The molecule has 2 aromatic rings. The van der Waals surface area contributed by atoms with Crippen molar-refractivity contribution >= 4 is 56.4 Å². The number of carbonyl (C=O) groups is 3. The van der Waals surface area contributed by atoms with Crippen LogP contribution in [0.25, 0.3) is 0 Å². The van der Waals surface area contributed by atoms with Gasteiger partial charge in [-0.2, -0.15) is 0 Å². The fourth-order valence-corrected chi connectivity index (χ4v) is 3.20. The predicted octanol–water partition coefficient (Wildman–Crippen LogP) is 3.37. The Morgan fingerprint density at radius 3 is 2.48 bits per heavy atom. The van der Waals surface area contributed by atoms with E-state index in [-0.39, 0.29) is 11.6 Å². The largest absolute Gasteiger partial charge is 0.340 e. The molecule has 0 saturated carbocycles. The summed E-state index contributed by atoms with van der Waals surface area (Å²) in [5, 5.41) is 7.44. The lowest BCUT2D eigenvalue weighted by Gasteiger charge is -2.15. The molecular weight excluding hydrogens is 413 g/mol. The molecule has 25 heavy (non-hydrogen) atoms. The van der Waals surface area contributed by atoms with Crippen molar-refractivity contribution < 1.29 is 18.8 Å². The zero-order chi connectivity index (χ0) is 18.6. The summed E-state index contributed by atoms with van der Waals surface area (Å²) < 4.78 is 14.6. The van der Waals surface area contributed by atoms with Gasteiger partial charge >= 0.3 is 0 Å². The van der Waals surface area contributed by atoms with Crippen molar-refractivity contribution in [3.63, 3.8) is 0 Å². The number of rotatable bonds is 5. The van der Waals surface area contributed by atoms with Gasteiger partial charge in [-0.1, -0.05) is 0 Å². The first-order valence-corrected chi connectivity index (χ1v) is 8.81. The van der Waals surface area contributed by atoms with Crippen molar-refractivity contribution in [2.75, 3.05) is 10.6 Å². The van der Waals surface area contributed by atoms with Crippen molar-refractivity contribution in [2.24, 2.45) is 0 Å². The summed E-state index contributed by atoms with van der Waals surface area (Å²) in [7, 11) is 0. The van der Waals surface area contributed by atoms with Gasteiger partial charge in [-0.05, 0) is 53.2 Å². The molecule has 1 unspecified atom stereocenters. The van der Waals surface area contributed by atoms with E-state index in [0.717, 1.165) is 9.85 Å². The maximum absolute atomic E-state index is 13.8. The number of carbonyl (C=O) groups excluding carboxylic acids is 3. The predicted molar refractivity (Wildman–Crippen MR) is 98.3 cm³/mol. The molecule has 1 heterocycles. The Balaban J connectivity index is 2.03. The maximum atomic E-state index is 13.8. The molecule has 0 aliphatic heterocycles. The Morgan fingerprint density at radius 2 is 1.88 bits per heavy atom. The van der Waals surface area contributed by atoms with E-state index in [9.17, 15) is 18.8 Å². The second-order valence-electron chi connectivity index (χ2n) is 5.16. The van der Waals surface area contributed by atoms with Crippen LogP contribution < -0.4 is 16.0 Å². The third-order valence-corrected chi connectivity index (χ3v) is 4.70. The van der Waals surface area contributed by atoms with Gasteiger partial charge in [0.05, 0.1) is 14.4 Å². The zero-order valence-electron chi connectivity index (χ0n) is 13.4. The SMILES string of the molecule is CC(=O)Nc1ccc(F)c(NC(=O)C(C)NC(=O)c2ccc(Br)s2)c1. The second kappa shape index (κ2) is 8.21. The summed E-state index contributed by atoms with van der Waals surface area (Å²) in [5.41, 5.74) is 0.264. The minimum Gasteiger partial charge on any atom is -0.340 e. The highest BCUT2D eigenvalue weighted by Gasteiger charge is 2.19. The van der Waals surface area contributed by atoms with Crippen LogP contribution in [-0.4, -0.2) is 23.8 Å². The molecular formula is C16H15BrFN3O3S. The van der Waals surface area contributed by atoms with Crippen molar-refractivity contribution in [1.82, 2.24) is 5.32 Å². The van der Waals surface area contributed by atoms with Gasteiger partial charge in [0.2, 0.25) is 11.8 Å². The molecule has 1 atom stereocenters. The first-order valence-electron chi connectivity index (χ1n) is 7.20. The van der Waals surface area contributed by atoms with Crippen LogP contribution in [0.5, 0.6) is 0 Å². The smallest absolute Gasteiger partial charge is 0.262 e. The fraction of sp³-hybridized carbons (Fsp3) is 0.188. The molecule has 0 saturated heterocycles. The van der Waals surface area contributed by atoms with Crippen LogP contribution in [0.15, 0.2) is 34.1 Å². The minimum absolute atomic E-state index is 0.0868. The minimum atomic E-state index is -0.878. The molecule has 132 valence electrons. The molecule has 2 rings (SSSR count). The van der Waals surface area contributed by atoms with E-state index in [1.54, 1.807) is 12.1 Å². The number of anilines is 2. The van der Waals surface area contributed by atoms with Crippen LogP contribution in [0.1, 0.15) is 23.5 Å². The lowest BCUT2D eigenvalue weighted by molar-refractivity contribution is -0.117. The molecule has 9 heteroatoms. The third-order valence-electron chi connectivity index (χ3n) is 3.08. The molecule has 0 aliphatic rings. The summed E-state index contributed by atoms with van der Waals surface area (Å²) in [6.07, 6.45) is 0. The average Bonchev–Trinajstić information content (AvgIpc) is 2.96. The van der Waals surface area contributed by atoms with Crippen LogP contribution in [0.2, 0.25) is 0 Å². The Labute approximate surface area is 155 Å². The highest BCUT2D eigenvalue weighted by Crippen LogP contribution is 2.22. The van der Waals surface area contributed by atoms with Crippen molar-refractivity contribution in [2.45, 2.75) is 19.9 Å². The topological polar surface area (TPSA) is 87.3 Å². The first kappa shape index (κ1) is 19.1.